The summed E-state index contributed by atoms with van der Waals surface area (Å²) < 4.78 is 31.1. The molecule has 0 amide bonds. The van der Waals surface area contributed by atoms with Gasteiger partial charge in [-0.1, -0.05) is 0 Å². The lowest BCUT2D eigenvalue weighted by Crippen LogP contribution is -2.36. The monoisotopic (exact) mass is 293 g/mol. The zero-order valence-electron chi connectivity index (χ0n) is 10.1. The molecule has 20 heavy (non-hydrogen) atoms. The van der Waals surface area contributed by atoms with Gasteiger partial charge >= 0.3 is 5.69 Å². The third kappa shape index (κ3) is 2.38. The summed E-state index contributed by atoms with van der Waals surface area (Å²) >= 11 is 0. The Hall–Kier alpha value is -1.62. The fourth-order valence-electron chi connectivity index (χ4n) is 1.96. The number of hydrogen-bond acceptors (Lipinski definition) is 7. The number of nitrogen functional groups attached to an aromatic ring is 1. The Kier molecular flexibility index (Phi) is 3.99. The molecular formula is C10H13F2N3O5. The number of rotatable bonds is 3. The van der Waals surface area contributed by atoms with E-state index in [0.29, 0.717) is 4.57 Å². The highest BCUT2D eigenvalue weighted by molar-refractivity contribution is 5.37. The quantitative estimate of drug-likeness (QED) is 0.526. The maximum atomic E-state index is 12.7. The zero-order chi connectivity index (χ0) is 15.0. The number of ether oxygens (including phenoxy) is 1. The highest BCUT2D eigenvalue weighted by atomic mass is 19.3. The number of nitrogens with two attached hydrogens (primary N) is 1. The Morgan fingerprint density at radius 3 is 2.60 bits per heavy atom. The highest BCUT2D eigenvalue weighted by Crippen LogP contribution is 2.30. The first-order valence-electron chi connectivity index (χ1n) is 5.66. The predicted octanol–water partition coefficient (Wildman–Crippen LogP) is -1.63. The van der Waals surface area contributed by atoms with Gasteiger partial charge in [0.1, 0.15) is 24.1 Å². The van der Waals surface area contributed by atoms with Crippen LogP contribution in [0.5, 0.6) is 0 Å². The minimum Gasteiger partial charge on any atom is -0.394 e. The van der Waals surface area contributed by atoms with Crippen LogP contribution in [0.1, 0.15) is 18.2 Å². The van der Waals surface area contributed by atoms with Gasteiger partial charge < -0.3 is 25.8 Å². The highest BCUT2D eigenvalue weighted by Gasteiger charge is 2.44. The largest absolute Gasteiger partial charge is 0.394 e. The van der Waals surface area contributed by atoms with Crippen LogP contribution in [0, 0.1) is 0 Å². The molecule has 112 valence electrons. The SMILES string of the molecule is Nc1nc(=O)n([C@@H]2O[C@H](CO)[C@@H](O)[C@H]2O)cc1C(F)F. The number of hydrogen-bond donors (Lipinski definition) is 4. The van der Waals surface area contributed by atoms with Crippen molar-refractivity contribution in [1.29, 1.82) is 0 Å². The topological polar surface area (TPSA) is 131 Å². The van der Waals surface area contributed by atoms with Crippen LogP contribution in [0.25, 0.3) is 0 Å². The standard InChI is InChI=1S/C10H13F2N3O5/c11-7(12)3-1-15(10(19)14-8(3)13)9-6(18)5(17)4(2-16)20-9/h1,4-7,9,16-18H,2H2,(H2,13,14,19)/t4-,5-,6-,9-/m1/s1. The molecule has 0 spiro atoms. The van der Waals surface area contributed by atoms with Crippen LogP contribution in [-0.4, -0.2) is 49.8 Å². The average Bonchev–Trinajstić information content (AvgIpc) is 2.66. The predicted molar refractivity (Wildman–Crippen MR) is 60.9 cm³/mol. The van der Waals surface area contributed by atoms with E-state index in [2.05, 4.69) is 4.98 Å². The van der Waals surface area contributed by atoms with Crippen LogP contribution < -0.4 is 11.4 Å². The summed E-state index contributed by atoms with van der Waals surface area (Å²) in [6.45, 7) is -0.604. The fourth-order valence-corrected chi connectivity index (χ4v) is 1.96. The summed E-state index contributed by atoms with van der Waals surface area (Å²) in [5, 5.41) is 28.2. The lowest BCUT2D eigenvalue weighted by Gasteiger charge is -2.18. The molecule has 1 fully saturated rings. The number of nitrogens with zero attached hydrogens (tertiary/aromatic N) is 2. The molecule has 8 nitrogen and oxygen atoms in total. The van der Waals surface area contributed by atoms with Crippen molar-refractivity contribution in [2.75, 3.05) is 12.3 Å². The number of aliphatic hydroxyl groups excluding tert-OH is 3. The second-order valence-electron chi connectivity index (χ2n) is 4.30. The minimum absolute atomic E-state index is 0.604. The van der Waals surface area contributed by atoms with Crippen molar-refractivity contribution in [1.82, 2.24) is 9.55 Å². The number of aliphatic hydroxyl groups is 3. The first-order chi connectivity index (χ1) is 9.36. The van der Waals surface area contributed by atoms with Crippen molar-refractivity contribution in [3.63, 3.8) is 0 Å². The van der Waals surface area contributed by atoms with Gasteiger partial charge in [-0.15, -0.1) is 0 Å². The molecule has 0 radical (unpaired) electrons. The number of anilines is 1. The van der Waals surface area contributed by atoms with E-state index in [9.17, 15) is 23.8 Å². The molecule has 0 saturated carbocycles. The van der Waals surface area contributed by atoms with Crippen LogP contribution >= 0.6 is 0 Å². The molecule has 2 heterocycles. The van der Waals surface area contributed by atoms with Crippen molar-refractivity contribution in [2.24, 2.45) is 0 Å². The van der Waals surface area contributed by atoms with Crippen LogP contribution in [-0.2, 0) is 4.74 Å². The van der Waals surface area contributed by atoms with Crippen molar-refractivity contribution in [3.05, 3.63) is 22.2 Å². The van der Waals surface area contributed by atoms with E-state index in [1.165, 1.54) is 0 Å². The molecule has 1 saturated heterocycles. The smallest absolute Gasteiger partial charge is 0.351 e. The van der Waals surface area contributed by atoms with E-state index >= 15 is 0 Å². The Bertz CT molecular complexity index is 552. The zero-order valence-corrected chi connectivity index (χ0v) is 10.1. The summed E-state index contributed by atoms with van der Waals surface area (Å²) in [5.41, 5.74) is 3.50. The van der Waals surface area contributed by atoms with Crippen LogP contribution in [0.3, 0.4) is 0 Å². The summed E-state index contributed by atoms with van der Waals surface area (Å²) in [4.78, 5) is 14.9. The molecule has 4 atom stereocenters. The van der Waals surface area contributed by atoms with E-state index in [1.807, 2.05) is 0 Å². The Labute approximate surface area is 111 Å². The van der Waals surface area contributed by atoms with E-state index in [1.54, 1.807) is 0 Å². The van der Waals surface area contributed by atoms with Crippen molar-refractivity contribution >= 4 is 5.82 Å². The normalized spacial score (nSPS) is 30.1. The van der Waals surface area contributed by atoms with Gasteiger partial charge in [-0.2, -0.15) is 4.98 Å². The third-order valence-corrected chi connectivity index (χ3v) is 3.04. The van der Waals surface area contributed by atoms with Gasteiger partial charge in [-0.3, -0.25) is 4.57 Å². The molecule has 1 aromatic rings. The average molecular weight is 293 g/mol. The summed E-state index contributed by atoms with van der Waals surface area (Å²) in [6.07, 6.45) is -7.83. The molecule has 1 aromatic heterocycles. The van der Waals surface area contributed by atoms with Crippen LogP contribution in [0.15, 0.2) is 11.0 Å². The number of halogens is 2. The second kappa shape index (κ2) is 5.40. The summed E-state index contributed by atoms with van der Waals surface area (Å²) in [7, 11) is 0. The molecule has 1 aliphatic rings. The summed E-state index contributed by atoms with van der Waals surface area (Å²) in [5.74, 6) is -0.618. The second-order valence-corrected chi connectivity index (χ2v) is 4.30. The maximum Gasteiger partial charge on any atom is 0.351 e. The van der Waals surface area contributed by atoms with Gasteiger partial charge in [0.25, 0.3) is 6.43 Å². The van der Waals surface area contributed by atoms with Gasteiger partial charge in [0, 0.05) is 6.20 Å². The van der Waals surface area contributed by atoms with Crippen molar-refractivity contribution in [2.45, 2.75) is 31.0 Å². The van der Waals surface area contributed by atoms with Gasteiger partial charge in [0.15, 0.2) is 6.23 Å². The molecule has 0 unspecified atom stereocenters. The van der Waals surface area contributed by atoms with E-state index in [4.69, 9.17) is 15.6 Å². The van der Waals surface area contributed by atoms with Crippen molar-refractivity contribution < 1.29 is 28.8 Å². The maximum absolute atomic E-state index is 12.7. The molecular weight excluding hydrogens is 280 g/mol. The van der Waals surface area contributed by atoms with E-state index < -0.39 is 54.6 Å². The molecule has 10 heteroatoms. The van der Waals surface area contributed by atoms with E-state index in [0.717, 1.165) is 6.20 Å². The van der Waals surface area contributed by atoms with Gasteiger partial charge in [-0.25, -0.2) is 13.6 Å². The third-order valence-electron chi connectivity index (χ3n) is 3.04. The van der Waals surface area contributed by atoms with E-state index in [-0.39, 0.29) is 0 Å². The number of aromatic nitrogens is 2. The minimum atomic E-state index is -2.97. The lowest BCUT2D eigenvalue weighted by molar-refractivity contribution is -0.0553. The Balaban J connectivity index is 2.43. The molecule has 0 aliphatic carbocycles. The van der Waals surface area contributed by atoms with Gasteiger partial charge in [0.2, 0.25) is 0 Å². The van der Waals surface area contributed by atoms with Crippen LogP contribution in [0.4, 0.5) is 14.6 Å². The molecule has 0 bridgehead atoms. The van der Waals surface area contributed by atoms with Gasteiger partial charge in [0.05, 0.1) is 12.2 Å². The van der Waals surface area contributed by atoms with Crippen molar-refractivity contribution in [3.8, 4) is 0 Å². The molecule has 0 aromatic carbocycles. The number of alkyl halides is 2. The Morgan fingerprint density at radius 1 is 1.45 bits per heavy atom. The molecule has 1 aliphatic heterocycles. The summed E-state index contributed by atoms with van der Waals surface area (Å²) in [6, 6.07) is 0. The molecule has 2 rings (SSSR count). The molecule has 5 N–H and O–H groups in total. The first-order valence-corrected chi connectivity index (χ1v) is 5.66. The lowest BCUT2D eigenvalue weighted by atomic mass is 10.1. The Morgan fingerprint density at radius 2 is 2.10 bits per heavy atom. The van der Waals surface area contributed by atoms with Gasteiger partial charge in [-0.05, 0) is 0 Å². The fraction of sp³-hybridized carbons (Fsp3) is 0.600. The first kappa shape index (κ1) is 14.8. The van der Waals surface area contributed by atoms with Crippen LogP contribution in [0.2, 0.25) is 0 Å².